The third-order valence-corrected chi connectivity index (χ3v) is 6.76. The van der Waals surface area contributed by atoms with Gasteiger partial charge in [-0.2, -0.15) is 0 Å². The van der Waals surface area contributed by atoms with E-state index in [1.807, 2.05) is 59.3 Å². The molecule has 0 bridgehead atoms. The van der Waals surface area contributed by atoms with Crippen LogP contribution in [0, 0.1) is 0 Å². The van der Waals surface area contributed by atoms with Gasteiger partial charge in [0.05, 0.1) is 23.4 Å². The molecule has 0 spiro atoms. The lowest BCUT2D eigenvalue weighted by Gasteiger charge is -2.00. The number of anilines is 3. The predicted molar refractivity (Wildman–Crippen MR) is 157 cm³/mol. The van der Waals surface area contributed by atoms with Crippen molar-refractivity contribution in [1.29, 1.82) is 0 Å². The number of nitrogen functional groups attached to an aromatic ring is 1. The second kappa shape index (κ2) is 14.6. The summed E-state index contributed by atoms with van der Waals surface area (Å²) in [5, 5.41) is 10.6. The Morgan fingerprint density at radius 3 is 1.66 bits per heavy atom. The number of aromatic nitrogens is 2. The first-order valence-electron chi connectivity index (χ1n) is 11.9. The van der Waals surface area contributed by atoms with E-state index in [9.17, 15) is 9.59 Å². The minimum atomic E-state index is -0.0954. The first-order valence-corrected chi connectivity index (χ1v) is 13.7. The van der Waals surface area contributed by atoms with E-state index < -0.39 is 0 Å². The number of aliphatic imine (C=N–C) groups is 1. The minimum absolute atomic E-state index is 0.0885. The van der Waals surface area contributed by atoms with E-state index in [0.717, 1.165) is 48.4 Å². The Kier molecular flexibility index (Phi) is 10.9. The van der Waals surface area contributed by atoms with Crippen molar-refractivity contribution in [2.45, 2.75) is 39.5 Å². The molecule has 6 N–H and O–H groups in total. The molecule has 2 aromatic carbocycles. The van der Waals surface area contributed by atoms with Crippen LogP contribution in [0.3, 0.4) is 0 Å². The van der Waals surface area contributed by atoms with Crippen LogP contribution in [0.4, 0.5) is 21.6 Å². The molecule has 198 valence electrons. The molecule has 0 atom stereocenters. The fraction of sp³-hybridized carbons (Fsp3) is 0.222. The van der Waals surface area contributed by atoms with Gasteiger partial charge in [0.25, 0.3) is 0 Å². The molecule has 4 aromatic rings. The van der Waals surface area contributed by atoms with E-state index in [0.29, 0.717) is 10.3 Å². The van der Waals surface area contributed by atoms with Crippen molar-refractivity contribution in [2.75, 3.05) is 16.4 Å². The van der Waals surface area contributed by atoms with Crippen molar-refractivity contribution in [3.05, 3.63) is 81.8 Å². The first kappa shape index (κ1) is 28.5. The van der Waals surface area contributed by atoms with Crippen LogP contribution in [-0.4, -0.2) is 28.1 Å². The van der Waals surface area contributed by atoms with E-state index in [1.165, 1.54) is 54.0 Å². The number of nitrogens with zero attached hydrogens (tertiary/aromatic N) is 3. The molecule has 9 nitrogen and oxygen atoms in total. The Morgan fingerprint density at radius 2 is 1.24 bits per heavy atom. The quantitative estimate of drug-likeness (QED) is 0.132. The molecule has 2 amide bonds. The zero-order valence-electron chi connectivity index (χ0n) is 21.3. The molecule has 0 aliphatic heterocycles. The number of carbonyl (C=O) groups excluding carboxylic acids is 2. The van der Waals surface area contributed by atoms with Gasteiger partial charge in [-0.1, -0.05) is 24.3 Å². The molecule has 38 heavy (non-hydrogen) atoms. The Bertz CT molecular complexity index is 1350. The van der Waals surface area contributed by atoms with Gasteiger partial charge in [-0.05, 0) is 61.1 Å². The second-order valence-electron chi connectivity index (χ2n) is 8.34. The fourth-order valence-electron chi connectivity index (χ4n) is 3.32. The lowest BCUT2D eigenvalue weighted by molar-refractivity contribution is -0.115. The maximum absolute atomic E-state index is 10.9. The third kappa shape index (κ3) is 10.1. The highest BCUT2D eigenvalue weighted by molar-refractivity contribution is 7.14. The number of benzene rings is 2. The predicted octanol–water partition coefficient (Wildman–Crippen LogP) is 4.97. The largest absolute Gasteiger partial charge is 0.399 e. The first-order chi connectivity index (χ1) is 18.3. The van der Waals surface area contributed by atoms with Gasteiger partial charge in [-0.25, -0.2) is 15.0 Å². The van der Waals surface area contributed by atoms with Gasteiger partial charge in [0.15, 0.2) is 10.3 Å². The summed E-state index contributed by atoms with van der Waals surface area (Å²) in [7, 11) is 0. The number of hydrogen-bond donors (Lipinski definition) is 4. The molecule has 0 fully saturated rings. The average Bonchev–Trinajstić information content (AvgIpc) is 3.52. The maximum atomic E-state index is 10.9. The molecule has 2 heterocycles. The highest BCUT2D eigenvalue weighted by Crippen LogP contribution is 2.19. The molecule has 0 aliphatic rings. The van der Waals surface area contributed by atoms with Gasteiger partial charge in [-0.3, -0.25) is 9.59 Å². The highest BCUT2D eigenvalue weighted by Gasteiger charge is 2.05. The Labute approximate surface area is 230 Å². The molecule has 0 unspecified atom stereocenters. The van der Waals surface area contributed by atoms with E-state index >= 15 is 0 Å². The van der Waals surface area contributed by atoms with Crippen molar-refractivity contribution >= 4 is 62.5 Å². The van der Waals surface area contributed by atoms with Gasteiger partial charge >= 0.3 is 0 Å². The second-order valence-corrected chi connectivity index (χ2v) is 10.1. The standard InChI is InChI=1S/C14H16N4OS.C13H15N3OS/c1-10(19)17-14-18-13(8-20-14)7-4-11-2-5-12(6-3-11)16-9-15;1-9(17)15-13-16-12(8-18-13)7-4-10-2-5-11(14)6-3-10/h2-3,5-6,8-9H,4,7H2,1H3,(H2,15,16)(H,17,18,19);2-3,5-6,8H,4,7,14H2,1H3,(H,15,16,17). The number of amides is 2. The number of hydrogen-bond acceptors (Lipinski definition) is 8. The SMILES string of the molecule is CC(=O)Nc1nc(CCc2ccc(N)cc2)cs1.CC(=O)Nc1nc(CCc2ccc(N=CN)cc2)cs1. The van der Waals surface area contributed by atoms with Crippen LogP contribution >= 0.6 is 22.7 Å². The molecular formula is C27H31N7O2S2. The normalized spacial score (nSPS) is 10.6. The molecule has 0 saturated heterocycles. The molecule has 0 radical (unpaired) electrons. The molecule has 11 heteroatoms. The third-order valence-electron chi connectivity index (χ3n) is 5.15. The number of nitrogens with two attached hydrogens (primary N) is 2. The molecule has 0 saturated carbocycles. The lowest BCUT2D eigenvalue weighted by Crippen LogP contribution is -2.05. The van der Waals surface area contributed by atoms with E-state index in [1.54, 1.807) is 0 Å². The van der Waals surface area contributed by atoms with Crippen LogP contribution in [0.2, 0.25) is 0 Å². The highest BCUT2D eigenvalue weighted by atomic mass is 32.1. The van der Waals surface area contributed by atoms with Crippen LogP contribution in [0.25, 0.3) is 0 Å². The van der Waals surface area contributed by atoms with Gasteiger partial charge in [-0.15, -0.1) is 22.7 Å². The summed E-state index contributed by atoms with van der Waals surface area (Å²) >= 11 is 2.90. The maximum Gasteiger partial charge on any atom is 0.223 e. The van der Waals surface area contributed by atoms with Gasteiger partial charge in [0.1, 0.15) is 0 Å². The molecular weight excluding hydrogens is 518 g/mol. The summed E-state index contributed by atoms with van der Waals surface area (Å²) in [5.41, 5.74) is 16.9. The number of rotatable bonds is 9. The van der Waals surface area contributed by atoms with Crippen molar-refractivity contribution in [1.82, 2.24) is 9.97 Å². The number of aryl methyl sites for hydroxylation is 4. The summed E-state index contributed by atoms with van der Waals surface area (Å²) in [6.45, 7) is 2.96. The fourth-order valence-corrected chi connectivity index (χ4v) is 4.91. The zero-order chi connectivity index (χ0) is 27.3. The van der Waals surface area contributed by atoms with Crippen molar-refractivity contribution in [2.24, 2.45) is 10.7 Å². The zero-order valence-corrected chi connectivity index (χ0v) is 22.9. The number of carbonyl (C=O) groups is 2. The molecule has 4 rings (SSSR count). The van der Waals surface area contributed by atoms with Crippen molar-refractivity contribution in [3.8, 4) is 0 Å². The van der Waals surface area contributed by atoms with Crippen LogP contribution in [0.15, 0.2) is 64.3 Å². The van der Waals surface area contributed by atoms with Crippen molar-refractivity contribution < 1.29 is 9.59 Å². The molecule has 2 aromatic heterocycles. The summed E-state index contributed by atoms with van der Waals surface area (Å²) in [6, 6.07) is 15.8. The summed E-state index contributed by atoms with van der Waals surface area (Å²) in [6.07, 6.45) is 4.81. The van der Waals surface area contributed by atoms with E-state index in [4.69, 9.17) is 11.5 Å². The van der Waals surface area contributed by atoms with Gasteiger partial charge in [0.2, 0.25) is 11.8 Å². The smallest absolute Gasteiger partial charge is 0.223 e. The van der Waals surface area contributed by atoms with Gasteiger partial charge in [0, 0.05) is 30.3 Å². The Morgan fingerprint density at radius 1 is 0.789 bits per heavy atom. The molecule has 0 aliphatic carbocycles. The topological polar surface area (TPSA) is 148 Å². The summed E-state index contributed by atoms with van der Waals surface area (Å²) < 4.78 is 0. The van der Waals surface area contributed by atoms with Crippen LogP contribution in [0.1, 0.15) is 36.4 Å². The Balaban J connectivity index is 0.000000212. The van der Waals surface area contributed by atoms with Crippen LogP contribution in [0.5, 0.6) is 0 Å². The van der Waals surface area contributed by atoms with E-state index in [2.05, 4.69) is 25.6 Å². The van der Waals surface area contributed by atoms with Crippen LogP contribution < -0.4 is 22.1 Å². The monoisotopic (exact) mass is 549 g/mol. The lowest BCUT2D eigenvalue weighted by atomic mass is 10.1. The average molecular weight is 550 g/mol. The Hall–Kier alpha value is -4.09. The number of nitrogens with one attached hydrogen (secondary N) is 2. The van der Waals surface area contributed by atoms with E-state index in [-0.39, 0.29) is 11.8 Å². The number of thiazole rings is 2. The van der Waals surface area contributed by atoms with Crippen LogP contribution in [-0.2, 0) is 35.3 Å². The minimum Gasteiger partial charge on any atom is -0.399 e. The van der Waals surface area contributed by atoms with Crippen molar-refractivity contribution in [3.63, 3.8) is 0 Å². The summed E-state index contributed by atoms with van der Waals surface area (Å²) in [5.74, 6) is -0.184. The van der Waals surface area contributed by atoms with Gasteiger partial charge < -0.3 is 22.1 Å². The summed E-state index contributed by atoms with van der Waals surface area (Å²) in [4.78, 5) is 34.5.